The predicted molar refractivity (Wildman–Crippen MR) is 74.4 cm³/mol. The van der Waals surface area contributed by atoms with Crippen molar-refractivity contribution in [3.63, 3.8) is 0 Å². The van der Waals surface area contributed by atoms with Crippen LogP contribution in [0.4, 0.5) is 5.82 Å². The molecule has 0 saturated heterocycles. The van der Waals surface area contributed by atoms with Crippen molar-refractivity contribution in [1.29, 1.82) is 0 Å². The summed E-state index contributed by atoms with van der Waals surface area (Å²) < 4.78 is 29.9. The maximum atomic E-state index is 12.1. The molecule has 2 heterocycles. The van der Waals surface area contributed by atoms with Crippen molar-refractivity contribution in [2.24, 2.45) is 0 Å². The number of carbonyl (C=O) groups is 1. The fourth-order valence-electron chi connectivity index (χ4n) is 1.49. The minimum absolute atomic E-state index is 0.137. The van der Waals surface area contributed by atoms with Gasteiger partial charge >= 0.3 is 0 Å². The fraction of sp³-hybridized carbons (Fsp3) is 0.273. The van der Waals surface area contributed by atoms with Crippen LogP contribution >= 0.6 is 11.3 Å². The van der Waals surface area contributed by atoms with Crippen molar-refractivity contribution in [1.82, 2.24) is 9.46 Å². The first-order valence-corrected chi connectivity index (χ1v) is 7.82. The molecule has 20 heavy (non-hydrogen) atoms. The summed E-state index contributed by atoms with van der Waals surface area (Å²) in [4.78, 5) is 13.0. The second-order valence-electron chi connectivity index (χ2n) is 4.16. The SMILES string of the molecule is Cc1sc(C(=O)Nc2ccon2)cc1S(=O)(=O)N(C)C. The van der Waals surface area contributed by atoms with E-state index in [1.165, 1.54) is 32.5 Å². The topological polar surface area (TPSA) is 92.5 Å². The number of rotatable bonds is 4. The zero-order chi connectivity index (χ0) is 14.9. The number of hydrogen-bond donors (Lipinski definition) is 1. The number of thiophene rings is 1. The summed E-state index contributed by atoms with van der Waals surface area (Å²) in [6.45, 7) is 1.66. The Morgan fingerprint density at radius 2 is 2.15 bits per heavy atom. The minimum atomic E-state index is -3.55. The molecule has 0 bridgehead atoms. The van der Waals surface area contributed by atoms with Crippen LogP contribution in [0.15, 0.2) is 27.8 Å². The van der Waals surface area contributed by atoms with Crippen molar-refractivity contribution in [2.75, 3.05) is 19.4 Å². The number of sulfonamides is 1. The molecule has 0 aromatic carbocycles. The lowest BCUT2D eigenvalue weighted by atomic mass is 10.4. The molecule has 2 aromatic rings. The zero-order valence-electron chi connectivity index (χ0n) is 11.1. The molecule has 0 unspecified atom stereocenters. The van der Waals surface area contributed by atoms with Gasteiger partial charge in [-0.15, -0.1) is 11.3 Å². The summed E-state index contributed by atoms with van der Waals surface area (Å²) in [5.74, 6) is -0.148. The molecular weight excluding hydrogens is 302 g/mol. The molecule has 0 spiro atoms. The number of anilines is 1. The van der Waals surface area contributed by atoms with Crippen molar-refractivity contribution in [3.05, 3.63) is 28.2 Å². The van der Waals surface area contributed by atoms with Gasteiger partial charge in [0.15, 0.2) is 5.82 Å². The third-order valence-electron chi connectivity index (χ3n) is 2.53. The van der Waals surface area contributed by atoms with E-state index in [4.69, 9.17) is 0 Å². The number of aromatic nitrogens is 1. The predicted octanol–water partition coefficient (Wildman–Crippen LogP) is 1.55. The van der Waals surface area contributed by atoms with E-state index in [-0.39, 0.29) is 10.7 Å². The summed E-state index contributed by atoms with van der Waals surface area (Å²) in [6, 6.07) is 2.86. The first-order chi connectivity index (χ1) is 9.32. The molecule has 0 aliphatic rings. The van der Waals surface area contributed by atoms with Crippen molar-refractivity contribution >= 4 is 33.1 Å². The van der Waals surface area contributed by atoms with Crippen LogP contribution in [0.1, 0.15) is 14.5 Å². The second kappa shape index (κ2) is 5.35. The van der Waals surface area contributed by atoms with Crippen LogP contribution in [-0.4, -0.2) is 37.9 Å². The van der Waals surface area contributed by atoms with Gasteiger partial charge in [-0.05, 0) is 13.0 Å². The van der Waals surface area contributed by atoms with Crippen LogP contribution < -0.4 is 5.32 Å². The van der Waals surface area contributed by atoms with E-state index in [2.05, 4.69) is 15.0 Å². The highest BCUT2D eigenvalue weighted by atomic mass is 32.2. The number of carbonyl (C=O) groups excluding carboxylic acids is 1. The Morgan fingerprint density at radius 1 is 1.45 bits per heavy atom. The monoisotopic (exact) mass is 315 g/mol. The van der Waals surface area contributed by atoms with Crippen LogP contribution in [0.25, 0.3) is 0 Å². The van der Waals surface area contributed by atoms with E-state index in [1.54, 1.807) is 6.92 Å². The molecule has 2 aromatic heterocycles. The van der Waals surface area contributed by atoms with E-state index < -0.39 is 15.9 Å². The van der Waals surface area contributed by atoms with Gasteiger partial charge in [-0.2, -0.15) is 0 Å². The van der Waals surface area contributed by atoms with Crippen molar-refractivity contribution in [3.8, 4) is 0 Å². The standard InChI is InChI=1S/C11H13N3O4S2/c1-7-9(20(16,17)14(2)3)6-8(19-7)11(15)12-10-4-5-18-13-10/h4-6H,1-3H3,(H,12,13,15). The van der Waals surface area contributed by atoms with Gasteiger partial charge in [0.05, 0.1) is 9.77 Å². The Labute approximate surface area is 120 Å². The number of nitrogens with one attached hydrogen (secondary N) is 1. The van der Waals surface area contributed by atoms with Crippen LogP contribution in [0.3, 0.4) is 0 Å². The summed E-state index contributed by atoms with van der Waals surface area (Å²) in [6.07, 6.45) is 1.33. The molecule has 0 fully saturated rings. The third kappa shape index (κ3) is 2.74. The van der Waals surface area contributed by atoms with Crippen molar-refractivity contribution in [2.45, 2.75) is 11.8 Å². The van der Waals surface area contributed by atoms with Gasteiger partial charge in [0.25, 0.3) is 5.91 Å². The smallest absolute Gasteiger partial charge is 0.267 e. The highest BCUT2D eigenvalue weighted by molar-refractivity contribution is 7.89. The summed E-state index contributed by atoms with van der Waals surface area (Å²) in [7, 11) is -0.661. The average molecular weight is 315 g/mol. The first kappa shape index (κ1) is 14.7. The molecule has 0 aliphatic heterocycles. The van der Waals surface area contributed by atoms with Gasteiger partial charge < -0.3 is 9.84 Å². The lowest BCUT2D eigenvalue weighted by molar-refractivity contribution is 0.102. The van der Waals surface area contributed by atoms with E-state index in [0.29, 0.717) is 9.75 Å². The Bertz CT molecular complexity index is 717. The quantitative estimate of drug-likeness (QED) is 0.924. The summed E-state index contributed by atoms with van der Waals surface area (Å²) in [5.41, 5.74) is 0. The molecule has 1 N–H and O–H groups in total. The van der Waals surface area contributed by atoms with Crippen LogP contribution in [0.2, 0.25) is 0 Å². The van der Waals surface area contributed by atoms with Crippen LogP contribution in [-0.2, 0) is 10.0 Å². The molecule has 7 nitrogen and oxygen atoms in total. The summed E-state index contributed by atoms with van der Waals surface area (Å²) in [5, 5.41) is 6.08. The molecule has 108 valence electrons. The number of aryl methyl sites for hydroxylation is 1. The number of nitrogens with zero attached hydrogens (tertiary/aromatic N) is 2. The fourth-order valence-corrected chi connectivity index (χ4v) is 3.83. The van der Waals surface area contributed by atoms with Gasteiger partial charge in [-0.3, -0.25) is 4.79 Å². The Morgan fingerprint density at radius 3 is 2.70 bits per heavy atom. The Hall–Kier alpha value is -1.71. The van der Waals surface area contributed by atoms with Crippen LogP contribution in [0.5, 0.6) is 0 Å². The average Bonchev–Trinajstić information content (AvgIpc) is 2.98. The maximum absolute atomic E-state index is 12.1. The Kier molecular flexibility index (Phi) is 3.93. The maximum Gasteiger partial charge on any atom is 0.267 e. The highest BCUT2D eigenvalue weighted by Gasteiger charge is 2.24. The van der Waals surface area contributed by atoms with Gasteiger partial charge in [-0.1, -0.05) is 5.16 Å². The highest BCUT2D eigenvalue weighted by Crippen LogP contribution is 2.27. The van der Waals surface area contributed by atoms with E-state index in [9.17, 15) is 13.2 Å². The third-order valence-corrected chi connectivity index (χ3v) is 5.65. The number of hydrogen-bond acceptors (Lipinski definition) is 6. The normalized spacial score (nSPS) is 11.8. The number of amides is 1. The van der Waals surface area contributed by atoms with Crippen LogP contribution in [0, 0.1) is 6.92 Å². The first-order valence-electron chi connectivity index (χ1n) is 5.57. The van der Waals surface area contributed by atoms with Crippen molar-refractivity contribution < 1.29 is 17.7 Å². The van der Waals surface area contributed by atoms with E-state index in [1.807, 2.05) is 0 Å². The largest absolute Gasteiger partial charge is 0.363 e. The van der Waals surface area contributed by atoms with Gasteiger partial charge in [0, 0.05) is 25.0 Å². The van der Waals surface area contributed by atoms with E-state index in [0.717, 1.165) is 15.6 Å². The van der Waals surface area contributed by atoms with Gasteiger partial charge in [-0.25, -0.2) is 12.7 Å². The molecule has 1 amide bonds. The molecule has 2 rings (SSSR count). The molecular formula is C11H13N3O4S2. The molecule has 0 atom stereocenters. The minimum Gasteiger partial charge on any atom is -0.363 e. The zero-order valence-corrected chi connectivity index (χ0v) is 12.7. The lowest BCUT2D eigenvalue weighted by Gasteiger charge is -2.10. The molecule has 0 radical (unpaired) electrons. The Balaban J connectivity index is 2.30. The second-order valence-corrected chi connectivity index (χ2v) is 7.53. The van der Waals surface area contributed by atoms with E-state index >= 15 is 0 Å². The molecule has 0 aliphatic carbocycles. The lowest BCUT2D eigenvalue weighted by Crippen LogP contribution is -2.22. The molecule has 9 heteroatoms. The summed E-state index contributed by atoms with van der Waals surface area (Å²) >= 11 is 1.11. The van der Waals surface area contributed by atoms with Gasteiger partial charge in [0.1, 0.15) is 6.26 Å². The molecule has 0 saturated carbocycles. The van der Waals surface area contributed by atoms with Gasteiger partial charge in [0.2, 0.25) is 10.0 Å².